The maximum atomic E-state index is 14.2. The number of benzene rings is 2. The molecule has 2 amide bonds. The van der Waals surface area contributed by atoms with Crippen molar-refractivity contribution < 1.29 is 40.3 Å². The van der Waals surface area contributed by atoms with Crippen LogP contribution in [0.1, 0.15) is 37.7 Å². The van der Waals surface area contributed by atoms with Crippen LogP contribution < -0.4 is 10.6 Å². The van der Waals surface area contributed by atoms with Crippen LogP contribution in [-0.4, -0.2) is 21.8 Å². The number of aromatic nitrogens is 2. The van der Waals surface area contributed by atoms with E-state index in [9.17, 15) is 40.3 Å². The Labute approximate surface area is 221 Å². The number of hydrogen-bond acceptors (Lipinski definition) is 4. The molecule has 0 aliphatic rings. The van der Waals surface area contributed by atoms with Crippen molar-refractivity contribution in [1.29, 1.82) is 0 Å². The zero-order valence-corrected chi connectivity index (χ0v) is 20.1. The molecule has 0 aliphatic carbocycles. The van der Waals surface area contributed by atoms with E-state index < -0.39 is 52.6 Å². The van der Waals surface area contributed by atoms with E-state index in [0.717, 1.165) is 6.07 Å². The lowest BCUT2D eigenvalue weighted by atomic mass is 10.0. The molecule has 0 unspecified atom stereocenters. The first-order valence-corrected chi connectivity index (χ1v) is 11.4. The molecular formula is C27H17F7N4O2. The lowest BCUT2D eigenvalue weighted by molar-refractivity contribution is -0.143. The second kappa shape index (κ2) is 11.1. The molecule has 0 saturated heterocycles. The summed E-state index contributed by atoms with van der Waals surface area (Å²) in [6.45, 7) is -0.0636. The van der Waals surface area contributed by atoms with Gasteiger partial charge in [0.15, 0.2) is 0 Å². The monoisotopic (exact) mass is 562 g/mol. The number of amides is 2. The summed E-state index contributed by atoms with van der Waals surface area (Å²) in [6, 6.07) is 14.0. The van der Waals surface area contributed by atoms with E-state index in [2.05, 4.69) is 15.3 Å². The molecule has 0 bridgehead atoms. The summed E-state index contributed by atoms with van der Waals surface area (Å²) in [5, 5.41) is 4.55. The van der Waals surface area contributed by atoms with Crippen LogP contribution in [0, 0.1) is 5.95 Å². The Balaban J connectivity index is 1.51. The number of rotatable bonds is 6. The van der Waals surface area contributed by atoms with Gasteiger partial charge in [-0.2, -0.15) is 30.7 Å². The van der Waals surface area contributed by atoms with Crippen LogP contribution >= 0.6 is 0 Å². The summed E-state index contributed by atoms with van der Waals surface area (Å²) < 4.78 is 92.9. The molecule has 0 atom stereocenters. The third-order valence-electron chi connectivity index (χ3n) is 5.57. The van der Waals surface area contributed by atoms with Crippen molar-refractivity contribution in [3.8, 4) is 11.1 Å². The number of alkyl halides is 6. The molecule has 206 valence electrons. The molecule has 0 radical (unpaired) electrons. The topological polar surface area (TPSA) is 84.0 Å². The third kappa shape index (κ3) is 6.60. The van der Waals surface area contributed by atoms with Crippen molar-refractivity contribution >= 4 is 17.5 Å². The fourth-order valence-electron chi connectivity index (χ4n) is 3.70. The number of carbonyl (C=O) groups excluding carboxylic acids is 2. The molecule has 6 nitrogen and oxygen atoms in total. The SMILES string of the molecule is O=C(NCc1ccccc1-c1cccnc1F)c1cccc(C(=O)Nc2cc(C(F)(F)F)cc(C(F)(F)F)c2)n1. The van der Waals surface area contributed by atoms with Crippen molar-refractivity contribution in [2.75, 3.05) is 5.32 Å². The van der Waals surface area contributed by atoms with Crippen LogP contribution in [0.25, 0.3) is 11.1 Å². The highest BCUT2D eigenvalue weighted by Crippen LogP contribution is 2.37. The Morgan fingerprint density at radius 1 is 0.725 bits per heavy atom. The van der Waals surface area contributed by atoms with Gasteiger partial charge in [-0.05, 0) is 53.6 Å². The molecule has 2 N–H and O–H groups in total. The highest BCUT2D eigenvalue weighted by Gasteiger charge is 2.37. The highest BCUT2D eigenvalue weighted by atomic mass is 19.4. The van der Waals surface area contributed by atoms with Crippen molar-refractivity contribution in [1.82, 2.24) is 15.3 Å². The zero-order valence-electron chi connectivity index (χ0n) is 20.1. The number of halogens is 7. The van der Waals surface area contributed by atoms with Crippen molar-refractivity contribution in [2.45, 2.75) is 18.9 Å². The molecule has 40 heavy (non-hydrogen) atoms. The fraction of sp³-hybridized carbons (Fsp3) is 0.111. The number of hydrogen-bond donors (Lipinski definition) is 2. The molecule has 0 fully saturated rings. The number of nitrogens with zero attached hydrogens (tertiary/aromatic N) is 2. The van der Waals surface area contributed by atoms with Crippen LogP contribution in [0.2, 0.25) is 0 Å². The van der Waals surface area contributed by atoms with Gasteiger partial charge in [0.2, 0.25) is 5.95 Å². The maximum absolute atomic E-state index is 14.2. The largest absolute Gasteiger partial charge is 0.416 e. The van der Waals surface area contributed by atoms with Gasteiger partial charge in [0.1, 0.15) is 11.4 Å². The predicted octanol–water partition coefficient (Wildman–Crippen LogP) is 6.50. The molecule has 13 heteroatoms. The molecule has 2 heterocycles. The smallest absolute Gasteiger partial charge is 0.347 e. The van der Waals surface area contributed by atoms with Gasteiger partial charge in [-0.15, -0.1) is 0 Å². The summed E-state index contributed by atoms with van der Waals surface area (Å²) in [7, 11) is 0. The first kappa shape index (κ1) is 28.2. The Hall–Kier alpha value is -4.81. The number of carbonyl (C=O) groups is 2. The Kier molecular flexibility index (Phi) is 7.84. The molecule has 4 aromatic rings. The molecule has 0 spiro atoms. The summed E-state index contributed by atoms with van der Waals surface area (Å²) in [6.07, 6.45) is -8.91. The second-order valence-corrected chi connectivity index (χ2v) is 8.34. The van der Waals surface area contributed by atoms with E-state index in [0.29, 0.717) is 23.3 Å². The standard InChI is InChI=1S/C27H17F7N4O2/c28-23-20(7-4-10-35-23)19-6-2-1-5-15(19)14-36-24(39)21-8-3-9-22(38-21)25(40)37-18-12-16(26(29,30)31)11-17(13-18)27(32,33)34/h1-13H,14H2,(H,36,39)(H,37,40). The minimum atomic E-state index is -5.10. The Morgan fingerprint density at radius 2 is 1.32 bits per heavy atom. The Morgan fingerprint density at radius 3 is 1.95 bits per heavy atom. The first-order chi connectivity index (χ1) is 18.8. The van der Waals surface area contributed by atoms with Gasteiger partial charge in [-0.1, -0.05) is 30.3 Å². The second-order valence-electron chi connectivity index (χ2n) is 8.34. The van der Waals surface area contributed by atoms with Gasteiger partial charge in [0.25, 0.3) is 11.8 Å². The van der Waals surface area contributed by atoms with Crippen molar-refractivity contribution in [2.24, 2.45) is 0 Å². The van der Waals surface area contributed by atoms with E-state index in [-0.39, 0.29) is 23.9 Å². The molecule has 0 saturated carbocycles. The van der Waals surface area contributed by atoms with Gasteiger partial charge in [-0.3, -0.25) is 9.59 Å². The average Bonchev–Trinajstić information content (AvgIpc) is 2.91. The lowest BCUT2D eigenvalue weighted by Gasteiger charge is -2.15. The lowest BCUT2D eigenvalue weighted by Crippen LogP contribution is -2.25. The number of anilines is 1. The van der Waals surface area contributed by atoms with E-state index in [1.54, 1.807) is 30.3 Å². The van der Waals surface area contributed by atoms with E-state index in [1.165, 1.54) is 24.4 Å². The Bertz CT molecular complexity index is 1540. The van der Waals surface area contributed by atoms with Crippen LogP contribution in [-0.2, 0) is 18.9 Å². The van der Waals surface area contributed by atoms with Gasteiger partial charge in [0.05, 0.1) is 11.1 Å². The predicted molar refractivity (Wildman–Crippen MR) is 129 cm³/mol. The van der Waals surface area contributed by atoms with Gasteiger partial charge in [-0.25, -0.2) is 9.97 Å². The normalized spacial score (nSPS) is 11.7. The molecular weight excluding hydrogens is 545 g/mol. The summed E-state index contributed by atoms with van der Waals surface area (Å²) >= 11 is 0. The van der Waals surface area contributed by atoms with Gasteiger partial charge < -0.3 is 10.6 Å². The molecule has 0 aliphatic heterocycles. The van der Waals surface area contributed by atoms with Crippen LogP contribution in [0.15, 0.2) is 79.0 Å². The average molecular weight is 562 g/mol. The molecule has 2 aromatic carbocycles. The minimum Gasteiger partial charge on any atom is -0.347 e. The van der Waals surface area contributed by atoms with E-state index in [4.69, 9.17) is 0 Å². The van der Waals surface area contributed by atoms with E-state index in [1.807, 2.05) is 5.32 Å². The number of pyridine rings is 2. The molecule has 4 rings (SSSR count). The van der Waals surface area contributed by atoms with Gasteiger partial charge >= 0.3 is 12.4 Å². The van der Waals surface area contributed by atoms with Crippen LogP contribution in [0.4, 0.5) is 36.4 Å². The van der Waals surface area contributed by atoms with Crippen LogP contribution in [0.3, 0.4) is 0 Å². The first-order valence-electron chi connectivity index (χ1n) is 11.4. The third-order valence-corrected chi connectivity index (χ3v) is 5.57. The highest BCUT2D eigenvalue weighted by molar-refractivity contribution is 6.04. The van der Waals surface area contributed by atoms with Crippen molar-refractivity contribution in [3.05, 3.63) is 113 Å². The quantitative estimate of drug-likeness (QED) is 0.208. The van der Waals surface area contributed by atoms with Gasteiger partial charge in [0, 0.05) is 24.0 Å². The van der Waals surface area contributed by atoms with Crippen molar-refractivity contribution in [3.63, 3.8) is 0 Å². The maximum Gasteiger partial charge on any atom is 0.416 e. The summed E-state index contributed by atoms with van der Waals surface area (Å²) in [5.74, 6) is -2.58. The number of nitrogens with one attached hydrogen (secondary N) is 2. The van der Waals surface area contributed by atoms with E-state index >= 15 is 0 Å². The zero-order chi connectivity index (χ0) is 29.1. The summed E-state index contributed by atoms with van der Waals surface area (Å²) in [4.78, 5) is 32.8. The molecule has 2 aromatic heterocycles. The summed E-state index contributed by atoms with van der Waals surface area (Å²) in [5.41, 5.74) is -3.42. The van der Waals surface area contributed by atoms with Crippen LogP contribution in [0.5, 0.6) is 0 Å². The fourth-order valence-corrected chi connectivity index (χ4v) is 3.70. The minimum absolute atomic E-state index is 0.0636.